The zero-order chi connectivity index (χ0) is 16.3. The van der Waals surface area contributed by atoms with E-state index in [0.717, 1.165) is 0 Å². The van der Waals surface area contributed by atoms with E-state index in [9.17, 15) is 14.4 Å². The highest BCUT2D eigenvalue weighted by molar-refractivity contribution is 5.82. The van der Waals surface area contributed by atoms with E-state index in [1.807, 2.05) is 0 Å². The molecule has 0 aliphatic carbocycles. The van der Waals surface area contributed by atoms with Crippen LogP contribution in [-0.4, -0.2) is 27.5 Å². The minimum Gasteiger partial charge on any atom is -0.453 e. The van der Waals surface area contributed by atoms with Crippen LogP contribution in [0.1, 0.15) is 19.2 Å². The number of aryl methyl sites for hydroxylation is 1. The lowest BCUT2D eigenvalue weighted by atomic mass is 10.2. The summed E-state index contributed by atoms with van der Waals surface area (Å²) in [6.45, 7) is 1.41. The number of benzene rings is 1. The molecule has 2 rings (SSSR count). The predicted octanol–water partition coefficient (Wildman–Crippen LogP) is 0.283. The van der Waals surface area contributed by atoms with E-state index in [1.165, 1.54) is 11.5 Å². The van der Waals surface area contributed by atoms with Gasteiger partial charge < -0.3 is 10.5 Å². The summed E-state index contributed by atoms with van der Waals surface area (Å²) in [7, 11) is 1.61. The second-order valence-electron chi connectivity index (χ2n) is 4.94. The zero-order valence-electron chi connectivity index (χ0n) is 12.4. The zero-order valence-corrected chi connectivity index (χ0v) is 12.4. The minimum atomic E-state index is -0.971. The van der Waals surface area contributed by atoms with Crippen molar-refractivity contribution in [2.45, 2.75) is 25.9 Å². The Morgan fingerprint density at radius 3 is 2.73 bits per heavy atom. The van der Waals surface area contributed by atoms with Crippen LogP contribution in [0, 0.1) is 0 Å². The Kier molecular flexibility index (Phi) is 4.55. The molecule has 1 aromatic heterocycles. The lowest BCUT2D eigenvalue weighted by Crippen LogP contribution is -2.30. The summed E-state index contributed by atoms with van der Waals surface area (Å²) in [6.07, 6.45) is -0.724. The average Bonchev–Trinajstić information content (AvgIpc) is 2.49. The molecule has 1 amide bonds. The fraction of sp³-hybridized carbons (Fsp3) is 0.333. The van der Waals surface area contributed by atoms with Crippen LogP contribution in [0.4, 0.5) is 0 Å². The highest BCUT2D eigenvalue weighted by atomic mass is 16.5. The molecule has 7 nitrogen and oxygen atoms in total. The second-order valence-corrected chi connectivity index (χ2v) is 4.94. The number of carbonyl (C=O) groups is 2. The van der Waals surface area contributed by atoms with Crippen LogP contribution in [0.3, 0.4) is 0 Å². The SMILES string of the molecule is C[C@H](OC(=O)CCc1nc2ccccc2c(=O)n1C)C(N)=O. The summed E-state index contributed by atoms with van der Waals surface area (Å²) in [5, 5.41) is 0.527. The third kappa shape index (κ3) is 3.30. The van der Waals surface area contributed by atoms with Gasteiger partial charge in [0.25, 0.3) is 11.5 Å². The molecule has 2 N–H and O–H groups in total. The summed E-state index contributed by atoms with van der Waals surface area (Å²) < 4.78 is 6.27. The van der Waals surface area contributed by atoms with Gasteiger partial charge in [0, 0.05) is 13.5 Å². The lowest BCUT2D eigenvalue weighted by molar-refractivity contribution is -0.153. The highest BCUT2D eigenvalue weighted by Crippen LogP contribution is 2.09. The smallest absolute Gasteiger partial charge is 0.307 e. The second kappa shape index (κ2) is 6.38. The van der Waals surface area contributed by atoms with Crippen LogP contribution in [0.5, 0.6) is 0 Å². The Morgan fingerprint density at radius 1 is 1.36 bits per heavy atom. The van der Waals surface area contributed by atoms with Crippen molar-refractivity contribution in [3.8, 4) is 0 Å². The topological polar surface area (TPSA) is 104 Å². The molecule has 1 aromatic carbocycles. The molecule has 0 aliphatic heterocycles. The number of nitrogens with two attached hydrogens (primary N) is 1. The molecular weight excluding hydrogens is 286 g/mol. The fourth-order valence-electron chi connectivity index (χ4n) is 2.02. The molecule has 7 heteroatoms. The van der Waals surface area contributed by atoms with Crippen molar-refractivity contribution in [3.05, 3.63) is 40.4 Å². The fourth-order valence-corrected chi connectivity index (χ4v) is 2.02. The number of fused-ring (bicyclic) bond motifs is 1. The van der Waals surface area contributed by atoms with Crippen molar-refractivity contribution in [3.63, 3.8) is 0 Å². The molecular formula is C15H17N3O4. The molecule has 0 spiro atoms. The van der Waals surface area contributed by atoms with Crippen LogP contribution >= 0.6 is 0 Å². The number of para-hydroxylation sites is 1. The van der Waals surface area contributed by atoms with Gasteiger partial charge in [0.15, 0.2) is 6.10 Å². The molecule has 0 saturated carbocycles. The molecule has 0 bridgehead atoms. The Labute approximate surface area is 126 Å². The molecule has 0 aliphatic rings. The van der Waals surface area contributed by atoms with E-state index in [1.54, 1.807) is 31.3 Å². The summed E-state index contributed by atoms with van der Waals surface area (Å²) in [5.74, 6) is -0.786. The van der Waals surface area contributed by atoms with Gasteiger partial charge in [0.1, 0.15) is 5.82 Å². The summed E-state index contributed by atoms with van der Waals surface area (Å²) in [5.41, 5.74) is 5.44. The van der Waals surface area contributed by atoms with Gasteiger partial charge in [-0.2, -0.15) is 0 Å². The third-order valence-corrected chi connectivity index (χ3v) is 3.34. The standard InChI is InChI=1S/C15H17N3O4/c1-9(14(16)20)22-13(19)8-7-12-17-11-6-4-3-5-10(11)15(21)18(12)2/h3-6,9H,7-8H2,1-2H3,(H2,16,20)/t9-/m0/s1. The molecule has 1 atom stereocenters. The maximum absolute atomic E-state index is 12.2. The van der Waals surface area contributed by atoms with E-state index >= 15 is 0 Å². The van der Waals surface area contributed by atoms with Crippen LogP contribution < -0.4 is 11.3 Å². The number of aromatic nitrogens is 2. The van der Waals surface area contributed by atoms with Crippen molar-refractivity contribution in [1.82, 2.24) is 9.55 Å². The average molecular weight is 303 g/mol. The summed E-state index contributed by atoms with van der Waals surface area (Å²) >= 11 is 0. The van der Waals surface area contributed by atoms with E-state index < -0.39 is 18.0 Å². The number of ether oxygens (including phenoxy) is 1. The van der Waals surface area contributed by atoms with Gasteiger partial charge in [-0.05, 0) is 19.1 Å². The molecule has 0 fully saturated rings. The minimum absolute atomic E-state index is 0.0102. The van der Waals surface area contributed by atoms with Gasteiger partial charge >= 0.3 is 5.97 Å². The van der Waals surface area contributed by atoms with Crippen LogP contribution in [-0.2, 0) is 27.8 Å². The van der Waals surface area contributed by atoms with E-state index in [-0.39, 0.29) is 18.4 Å². The molecule has 0 radical (unpaired) electrons. The van der Waals surface area contributed by atoms with Gasteiger partial charge in [0.2, 0.25) is 0 Å². The predicted molar refractivity (Wildman–Crippen MR) is 80.1 cm³/mol. The molecule has 0 unspecified atom stereocenters. The summed E-state index contributed by atoms with van der Waals surface area (Å²) in [4.78, 5) is 39.1. The number of hydrogen-bond acceptors (Lipinski definition) is 5. The van der Waals surface area contributed by atoms with E-state index in [2.05, 4.69) is 4.98 Å². The maximum atomic E-state index is 12.2. The quantitative estimate of drug-likeness (QED) is 0.799. The van der Waals surface area contributed by atoms with Gasteiger partial charge in [-0.3, -0.25) is 19.0 Å². The van der Waals surface area contributed by atoms with Gasteiger partial charge in [-0.1, -0.05) is 12.1 Å². The molecule has 2 aromatic rings. The Hall–Kier alpha value is -2.70. The Morgan fingerprint density at radius 2 is 2.05 bits per heavy atom. The number of rotatable bonds is 5. The van der Waals surface area contributed by atoms with Crippen molar-refractivity contribution in [1.29, 1.82) is 0 Å². The lowest BCUT2D eigenvalue weighted by Gasteiger charge is -2.11. The first-order valence-electron chi connectivity index (χ1n) is 6.83. The van der Waals surface area contributed by atoms with Gasteiger partial charge in [-0.25, -0.2) is 4.98 Å². The number of amides is 1. The molecule has 1 heterocycles. The monoisotopic (exact) mass is 303 g/mol. The van der Waals surface area contributed by atoms with E-state index in [0.29, 0.717) is 16.7 Å². The number of nitrogens with zero attached hydrogens (tertiary/aromatic N) is 2. The van der Waals surface area contributed by atoms with Crippen LogP contribution in [0.2, 0.25) is 0 Å². The first-order chi connectivity index (χ1) is 10.4. The van der Waals surface area contributed by atoms with E-state index in [4.69, 9.17) is 10.5 Å². The number of primary amides is 1. The van der Waals surface area contributed by atoms with Crippen molar-refractivity contribution < 1.29 is 14.3 Å². The highest BCUT2D eigenvalue weighted by Gasteiger charge is 2.15. The normalized spacial score (nSPS) is 12.1. The Balaban J connectivity index is 2.15. The third-order valence-electron chi connectivity index (χ3n) is 3.34. The number of esters is 1. The van der Waals surface area contributed by atoms with Crippen LogP contribution in [0.15, 0.2) is 29.1 Å². The maximum Gasteiger partial charge on any atom is 0.307 e. The first-order valence-corrected chi connectivity index (χ1v) is 6.83. The molecule has 116 valence electrons. The van der Waals surface area contributed by atoms with Crippen molar-refractivity contribution in [2.75, 3.05) is 0 Å². The largest absolute Gasteiger partial charge is 0.453 e. The molecule has 0 saturated heterocycles. The molecule has 22 heavy (non-hydrogen) atoms. The van der Waals surface area contributed by atoms with Crippen molar-refractivity contribution in [2.24, 2.45) is 12.8 Å². The van der Waals surface area contributed by atoms with Gasteiger partial charge in [-0.15, -0.1) is 0 Å². The summed E-state index contributed by atoms with van der Waals surface area (Å²) in [6, 6.07) is 7.01. The van der Waals surface area contributed by atoms with Crippen LogP contribution in [0.25, 0.3) is 10.9 Å². The Bertz CT molecular complexity index is 782. The number of hydrogen-bond donors (Lipinski definition) is 1. The number of carbonyl (C=O) groups excluding carboxylic acids is 2. The van der Waals surface area contributed by atoms with Gasteiger partial charge in [0.05, 0.1) is 17.3 Å². The first kappa shape index (κ1) is 15.7. The van der Waals surface area contributed by atoms with Crippen molar-refractivity contribution >= 4 is 22.8 Å².